The Kier molecular flexibility index (Phi) is 5.61. The quantitative estimate of drug-likeness (QED) is 0.379. The zero-order valence-corrected chi connectivity index (χ0v) is 18.0. The van der Waals surface area contributed by atoms with Crippen LogP contribution in [0.1, 0.15) is 34.4 Å². The topological polar surface area (TPSA) is 79.2 Å². The van der Waals surface area contributed by atoms with E-state index >= 15 is 0 Å². The van der Waals surface area contributed by atoms with Crippen molar-refractivity contribution in [3.8, 4) is 5.75 Å². The Hall–Kier alpha value is -2.72. The highest BCUT2D eigenvalue weighted by atomic mass is 79.9. The summed E-state index contributed by atoms with van der Waals surface area (Å²) >= 11 is 9.20. The largest absolute Gasteiger partial charge is 0.506 e. The summed E-state index contributed by atoms with van der Waals surface area (Å²) in [4.78, 5) is 12.8. The molecule has 0 saturated carbocycles. The third kappa shape index (κ3) is 4.35. The van der Waals surface area contributed by atoms with Crippen LogP contribution in [0.15, 0.2) is 53.1 Å². The van der Waals surface area contributed by atoms with Crippen molar-refractivity contribution < 1.29 is 23.1 Å². The molecule has 1 aliphatic heterocycles. The second-order valence-corrected chi connectivity index (χ2v) is 8.36. The summed E-state index contributed by atoms with van der Waals surface area (Å²) in [5.41, 5.74) is 0.587. The molecule has 3 aromatic rings. The number of amides is 1. The first-order valence-corrected chi connectivity index (χ1v) is 10.3. The fourth-order valence-corrected chi connectivity index (χ4v) is 3.88. The van der Waals surface area contributed by atoms with Gasteiger partial charge < -0.3 is 15.7 Å². The normalized spacial score (nSPS) is 18.2. The van der Waals surface area contributed by atoms with Crippen molar-refractivity contribution in [2.45, 2.75) is 24.7 Å². The van der Waals surface area contributed by atoms with E-state index in [1.807, 2.05) is 0 Å². The lowest BCUT2D eigenvalue weighted by Crippen LogP contribution is -2.36. The summed E-state index contributed by atoms with van der Waals surface area (Å²) in [6.45, 7) is 0. The zero-order valence-electron chi connectivity index (χ0n) is 15.6. The molecule has 162 valence electrons. The minimum absolute atomic E-state index is 0.0325. The first-order chi connectivity index (χ1) is 14.6. The Morgan fingerprint density at radius 1 is 1.26 bits per heavy atom. The highest BCUT2D eigenvalue weighted by Gasteiger charge is 2.47. The van der Waals surface area contributed by atoms with E-state index in [0.717, 1.165) is 15.4 Å². The van der Waals surface area contributed by atoms with Gasteiger partial charge in [0.15, 0.2) is 6.04 Å². The minimum atomic E-state index is -4.56. The molecule has 0 aliphatic carbocycles. The van der Waals surface area contributed by atoms with E-state index in [4.69, 9.17) is 11.6 Å². The number of phenolic OH excluding ortho intramolecular Hbond substituents is 1. The van der Waals surface area contributed by atoms with E-state index < -0.39 is 24.2 Å². The molecule has 1 aromatic heterocycles. The first-order valence-electron chi connectivity index (χ1n) is 9.09. The number of fused-ring (bicyclic) bond motifs is 1. The number of nitrogens with one attached hydrogen (secondary N) is 2. The number of hydrogen-bond acceptors (Lipinski definition) is 4. The standard InChI is InChI=1S/C20H15BrClF3N4O2/c21-11-3-1-10(2-4-11)14-8-17(20(23,24)25)29-18(27-14)13(9-26-29)19(31)28-15-7-12(22)5-6-16(15)30/h1-7,9,14,17,27,30H,8H2,(H,28,31)/t14-,17+/m0/s1. The number of alkyl halides is 3. The molecule has 1 amide bonds. The van der Waals surface area contributed by atoms with E-state index in [9.17, 15) is 23.1 Å². The lowest BCUT2D eigenvalue weighted by molar-refractivity contribution is -0.173. The van der Waals surface area contributed by atoms with Crippen LogP contribution in [0.4, 0.5) is 24.7 Å². The molecule has 6 nitrogen and oxygen atoms in total. The Bertz CT molecular complexity index is 1130. The molecule has 2 heterocycles. The highest BCUT2D eigenvalue weighted by molar-refractivity contribution is 9.10. The molecule has 11 heteroatoms. The highest BCUT2D eigenvalue weighted by Crippen LogP contribution is 2.44. The van der Waals surface area contributed by atoms with Crippen LogP contribution in [-0.2, 0) is 0 Å². The summed E-state index contributed by atoms with van der Waals surface area (Å²) in [6, 6.07) is 8.38. The number of aromatic nitrogens is 2. The van der Waals surface area contributed by atoms with Gasteiger partial charge in [-0.2, -0.15) is 18.3 Å². The van der Waals surface area contributed by atoms with Gasteiger partial charge in [0.2, 0.25) is 0 Å². The maximum Gasteiger partial charge on any atom is 0.410 e. The summed E-state index contributed by atoms with van der Waals surface area (Å²) in [5.74, 6) is -1.02. The lowest BCUT2D eigenvalue weighted by atomic mass is 9.96. The molecule has 0 bridgehead atoms. The van der Waals surface area contributed by atoms with Gasteiger partial charge in [-0.25, -0.2) is 4.68 Å². The van der Waals surface area contributed by atoms with Gasteiger partial charge in [0.05, 0.1) is 17.9 Å². The molecule has 0 spiro atoms. The van der Waals surface area contributed by atoms with E-state index in [-0.39, 0.29) is 34.3 Å². The lowest BCUT2D eigenvalue weighted by Gasteiger charge is -2.34. The van der Waals surface area contributed by atoms with E-state index in [1.54, 1.807) is 24.3 Å². The first kappa shape index (κ1) is 21.5. The second-order valence-electron chi connectivity index (χ2n) is 7.01. The Morgan fingerprint density at radius 2 is 1.97 bits per heavy atom. The molecule has 0 unspecified atom stereocenters. The van der Waals surface area contributed by atoms with Crippen LogP contribution >= 0.6 is 27.5 Å². The number of aromatic hydroxyl groups is 1. The van der Waals surface area contributed by atoms with Gasteiger partial charge >= 0.3 is 6.18 Å². The SMILES string of the molecule is O=C(Nc1cc(Cl)ccc1O)c1cnn2c1N[C@H](c1ccc(Br)cc1)C[C@@H]2C(F)(F)F. The molecule has 4 rings (SSSR count). The predicted molar refractivity (Wildman–Crippen MR) is 114 cm³/mol. The van der Waals surface area contributed by atoms with Crippen molar-refractivity contribution in [2.24, 2.45) is 0 Å². The maximum absolute atomic E-state index is 13.8. The number of nitrogens with zero attached hydrogens (tertiary/aromatic N) is 2. The molecular formula is C20H15BrClF3N4O2. The van der Waals surface area contributed by atoms with Gasteiger partial charge in [0.25, 0.3) is 5.91 Å². The molecular weight excluding hydrogens is 501 g/mol. The van der Waals surface area contributed by atoms with Crippen LogP contribution in [0, 0.1) is 0 Å². The van der Waals surface area contributed by atoms with Crippen molar-refractivity contribution in [3.63, 3.8) is 0 Å². The molecule has 0 saturated heterocycles. The summed E-state index contributed by atoms with van der Waals surface area (Å²) in [6.07, 6.45) is -3.77. The van der Waals surface area contributed by atoms with Crippen LogP contribution in [0.25, 0.3) is 0 Å². The average Bonchev–Trinajstić information content (AvgIpc) is 3.14. The number of carbonyl (C=O) groups excluding carboxylic acids is 1. The minimum Gasteiger partial charge on any atom is -0.506 e. The fraction of sp³-hybridized carbons (Fsp3) is 0.200. The average molecular weight is 516 g/mol. The zero-order chi connectivity index (χ0) is 22.3. The maximum atomic E-state index is 13.8. The molecule has 31 heavy (non-hydrogen) atoms. The Balaban J connectivity index is 1.70. The number of anilines is 2. The fourth-order valence-electron chi connectivity index (χ4n) is 3.44. The van der Waals surface area contributed by atoms with Crippen molar-refractivity contribution in [3.05, 3.63) is 69.3 Å². The van der Waals surface area contributed by atoms with Crippen LogP contribution in [0.3, 0.4) is 0 Å². The van der Waals surface area contributed by atoms with Crippen LogP contribution in [0.5, 0.6) is 5.75 Å². The molecule has 2 atom stereocenters. The van der Waals surface area contributed by atoms with Gasteiger partial charge in [-0.15, -0.1) is 0 Å². The summed E-state index contributed by atoms with van der Waals surface area (Å²) in [5, 5.41) is 19.5. The van der Waals surface area contributed by atoms with E-state index in [0.29, 0.717) is 5.56 Å². The number of benzene rings is 2. The summed E-state index contributed by atoms with van der Waals surface area (Å²) < 4.78 is 42.9. The van der Waals surface area contributed by atoms with Crippen molar-refractivity contribution in [1.29, 1.82) is 0 Å². The van der Waals surface area contributed by atoms with Gasteiger partial charge in [0.1, 0.15) is 17.1 Å². The molecule has 0 radical (unpaired) electrons. The number of phenols is 1. The van der Waals surface area contributed by atoms with Crippen LogP contribution in [0.2, 0.25) is 5.02 Å². The van der Waals surface area contributed by atoms with Crippen LogP contribution in [-0.4, -0.2) is 27.0 Å². The van der Waals surface area contributed by atoms with Crippen LogP contribution < -0.4 is 10.6 Å². The third-order valence-electron chi connectivity index (χ3n) is 4.96. The van der Waals surface area contributed by atoms with Gasteiger partial charge in [0, 0.05) is 15.9 Å². The third-order valence-corrected chi connectivity index (χ3v) is 5.73. The molecule has 1 aliphatic rings. The van der Waals surface area contributed by atoms with Crippen molar-refractivity contribution >= 4 is 44.9 Å². The van der Waals surface area contributed by atoms with Gasteiger partial charge in [-0.05, 0) is 35.9 Å². The monoisotopic (exact) mass is 514 g/mol. The Morgan fingerprint density at radius 3 is 2.65 bits per heavy atom. The Labute approximate surface area is 188 Å². The number of rotatable bonds is 3. The molecule has 2 aromatic carbocycles. The number of carbonyl (C=O) groups is 1. The second kappa shape index (κ2) is 8.08. The van der Waals surface area contributed by atoms with Gasteiger partial charge in [-0.1, -0.05) is 39.7 Å². The van der Waals surface area contributed by atoms with Crippen molar-refractivity contribution in [1.82, 2.24) is 9.78 Å². The van der Waals surface area contributed by atoms with Gasteiger partial charge in [-0.3, -0.25) is 4.79 Å². The smallest absolute Gasteiger partial charge is 0.410 e. The number of hydrogen-bond donors (Lipinski definition) is 3. The van der Waals surface area contributed by atoms with E-state index in [2.05, 4.69) is 31.7 Å². The van der Waals surface area contributed by atoms with Crippen molar-refractivity contribution in [2.75, 3.05) is 10.6 Å². The summed E-state index contributed by atoms with van der Waals surface area (Å²) in [7, 11) is 0. The number of halogens is 5. The molecule has 3 N–H and O–H groups in total. The predicted octanol–water partition coefficient (Wildman–Crippen LogP) is 5.92. The van der Waals surface area contributed by atoms with E-state index in [1.165, 1.54) is 18.2 Å². The molecule has 0 fully saturated rings.